The molecule has 0 aliphatic rings. The van der Waals surface area contributed by atoms with Crippen molar-refractivity contribution in [1.29, 1.82) is 0 Å². The minimum Gasteiger partial charge on any atom is -0.377 e. The standard InChI is InChI=1S/C11H18N2O/c1-10(9-12)14-8-2-3-11-4-6-13-7-5-11/h4-7,10H,2-3,8-9,12H2,1H3. The molecule has 0 radical (unpaired) electrons. The van der Waals surface area contributed by atoms with Crippen molar-refractivity contribution in [2.45, 2.75) is 25.9 Å². The van der Waals surface area contributed by atoms with Gasteiger partial charge in [-0.05, 0) is 37.5 Å². The molecule has 3 nitrogen and oxygen atoms in total. The molecule has 3 heteroatoms. The topological polar surface area (TPSA) is 48.1 Å². The number of pyridine rings is 1. The molecule has 14 heavy (non-hydrogen) atoms. The summed E-state index contributed by atoms with van der Waals surface area (Å²) in [6.45, 7) is 3.36. The van der Waals surface area contributed by atoms with Crippen molar-refractivity contribution >= 4 is 0 Å². The fourth-order valence-corrected chi connectivity index (χ4v) is 1.18. The Morgan fingerprint density at radius 2 is 2.14 bits per heavy atom. The number of nitrogens with two attached hydrogens (primary N) is 1. The van der Waals surface area contributed by atoms with Crippen molar-refractivity contribution in [3.8, 4) is 0 Å². The molecular weight excluding hydrogens is 176 g/mol. The predicted molar refractivity (Wildman–Crippen MR) is 57.0 cm³/mol. The van der Waals surface area contributed by atoms with Crippen LogP contribution in [0.3, 0.4) is 0 Å². The van der Waals surface area contributed by atoms with E-state index in [1.54, 1.807) is 0 Å². The quantitative estimate of drug-likeness (QED) is 0.696. The first kappa shape index (κ1) is 11.1. The SMILES string of the molecule is CC(CN)OCCCc1ccncc1. The number of aromatic nitrogens is 1. The molecule has 1 atom stereocenters. The van der Waals surface area contributed by atoms with E-state index in [0.29, 0.717) is 6.54 Å². The third-order valence-electron chi connectivity index (χ3n) is 2.09. The maximum Gasteiger partial charge on any atom is 0.0669 e. The van der Waals surface area contributed by atoms with Crippen molar-refractivity contribution in [2.24, 2.45) is 5.73 Å². The molecule has 2 N–H and O–H groups in total. The number of hydrogen-bond acceptors (Lipinski definition) is 3. The van der Waals surface area contributed by atoms with Gasteiger partial charge >= 0.3 is 0 Å². The third-order valence-corrected chi connectivity index (χ3v) is 2.09. The van der Waals surface area contributed by atoms with E-state index in [9.17, 15) is 0 Å². The van der Waals surface area contributed by atoms with E-state index >= 15 is 0 Å². The lowest BCUT2D eigenvalue weighted by molar-refractivity contribution is 0.0703. The second-order valence-corrected chi connectivity index (χ2v) is 3.38. The lowest BCUT2D eigenvalue weighted by atomic mass is 10.1. The minimum absolute atomic E-state index is 0.174. The van der Waals surface area contributed by atoms with Gasteiger partial charge in [-0.3, -0.25) is 4.98 Å². The third kappa shape index (κ3) is 4.35. The zero-order valence-electron chi connectivity index (χ0n) is 8.65. The number of hydrogen-bond donors (Lipinski definition) is 1. The first-order chi connectivity index (χ1) is 6.83. The maximum atomic E-state index is 5.47. The lowest BCUT2D eigenvalue weighted by Crippen LogP contribution is -2.20. The molecule has 0 saturated heterocycles. The summed E-state index contributed by atoms with van der Waals surface area (Å²) in [6, 6.07) is 4.07. The van der Waals surface area contributed by atoms with Gasteiger partial charge in [0.2, 0.25) is 0 Å². The maximum absolute atomic E-state index is 5.47. The van der Waals surface area contributed by atoms with Crippen LogP contribution in [0.4, 0.5) is 0 Å². The summed E-state index contributed by atoms with van der Waals surface area (Å²) in [5, 5.41) is 0. The second-order valence-electron chi connectivity index (χ2n) is 3.38. The van der Waals surface area contributed by atoms with Gasteiger partial charge in [-0.1, -0.05) is 0 Å². The zero-order valence-corrected chi connectivity index (χ0v) is 8.65. The molecule has 0 aromatic carbocycles. The van der Waals surface area contributed by atoms with Crippen LogP contribution in [0.15, 0.2) is 24.5 Å². The Morgan fingerprint density at radius 3 is 2.79 bits per heavy atom. The van der Waals surface area contributed by atoms with Gasteiger partial charge in [-0.15, -0.1) is 0 Å². The minimum atomic E-state index is 0.174. The summed E-state index contributed by atoms with van der Waals surface area (Å²) in [6.07, 6.45) is 5.89. The van der Waals surface area contributed by atoms with Crippen molar-refractivity contribution in [2.75, 3.05) is 13.2 Å². The van der Waals surface area contributed by atoms with Gasteiger partial charge in [-0.25, -0.2) is 0 Å². The van der Waals surface area contributed by atoms with Gasteiger partial charge in [0.15, 0.2) is 0 Å². The summed E-state index contributed by atoms with van der Waals surface area (Å²) in [4.78, 5) is 3.97. The first-order valence-electron chi connectivity index (χ1n) is 5.03. The Bertz CT molecular complexity index is 238. The van der Waals surface area contributed by atoms with E-state index in [-0.39, 0.29) is 6.10 Å². The van der Waals surface area contributed by atoms with Crippen LogP contribution < -0.4 is 5.73 Å². The van der Waals surface area contributed by atoms with Crippen molar-refractivity contribution < 1.29 is 4.74 Å². The molecule has 1 rings (SSSR count). The Morgan fingerprint density at radius 1 is 1.43 bits per heavy atom. The van der Waals surface area contributed by atoms with Crippen LogP contribution in [0.1, 0.15) is 18.9 Å². The van der Waals surface area contributed by atoms with E-state index < -0.39 is 0 Å². The largest absolute Gasteiger partial charge is 0.377 e. The van der Waals surface area contributed by atoms with Crippen LogP contribution in [0.25, 0.3) is 0 Å². The second kappa shape index (κ2) is 6.51. The summed E-state index contributed by atoms with van der Waals surface area (Å²) < 4.78 is 5.47. The molecule has 1 unspecified atom stereocenters. The highest BCUT2D eigenvalue weighted by Gasteiger charge is 1.98. The van der Waals surface area contributed by atoms with E-state index in [0.717, 1.165) is 19.4 Å². The molecule has 1 heterocycles. The van der Waals surface area contributed by atoms with Crippen molar-refractivity contribution in [1.82, 2.24) is 4.98 Å². The van der Waals surface area contributed by atoms with E-state index in [1.165, 1.54) is 5.56 Å². The van der Waals surface area contributed by atoms with Crippen LogP contribution in [-0.4, -0.2) is 24.2 Å². The predicted octanol–water partition coefficient (Wildman–Crippen LogP) is 1.38. The van der Waals surface area contributed by atoms with Crippen LogP contribution in [0.2, 0.25) is 0 Å². The van der Waals surface area contributed by atoms with Gasteiger partial charge in [0.05, 0.1) is 6.10 Å². The average Bonchev–Trinajstić information content (AvgIpc) is 2.25. The zero-order chi connectivity index (χ0) is 10.2. The summed E-state index contributed by atoms with van der Waals surface area (Å²) in [5.41, 5.74) is 6.74. The Kier molecular flexibility index (Phi) is 5.19. The highest BCUT2D eigenvalue weighted by Crippen LogP contribution is 2.01. The van der Waals surface area contributed by atoms with Crippen LogP contribution >= 0.6 is 0 Å². The van der Waals surface area contributed by atoms with Crippen molar-refractivity contribution in [3.63, 3.8) is 0 Å². The number of ether oxygens (including phenoxy) is 1. The Hall–Kier alpha value is -0.930. The van der Waals surface area contributed by atoms with Crippen LogP contribution in [0.5, 0.6) is 0 Å². The fourth-order valence-electron chi connectivity index (χ4n) is 1.18. The van der Waals surface area contributed by atoms with Gasteiger partial charge < -0.3 is 10.5 Å². The highest BCUT2D eigenvalue weighted by atomic mass is 16.5. The smallest absolute Gasteiger partial charge is 0.0669 e. The summed E-state index contributed by atoms with van der Waals surface area (Å²) in [7, 11) is 0. The first-order valence-corrected chi connectivity index (χ1v) is 5.03. The Balaban J connectivity index is 2.10. The molecule has 0 aliphatic heterocycles. The molecule has 0 aliphatic carbocycles. The number of aryl methyl sites for hydroxylation is 1. The highest BCUT2D eigenvalue weighted by molar-refractivity contribution is 5.09. The molecule has 0 saturated carbocycles. The van der Waals surface area contributed by atoms with Gasteiger partial charge in [0.25, 0.3) is 0 Å². The monoisotopic (exact) mass is 194 g/mol. The van der Waals surface area contributed by atoms with E-state index in [2.05, 4.69) is 4.98 Å². The average molecular weight is 194 g/mol. The molecule has 1 aromatic rings. The molecule has 78 valence electrons. The van der Waals surface area contributed by atoms with E-state index in [4.69, 9.17) is 10.5 Å². The molecular formula is C11H18N2O. The normalized spacial score (nSPS) is 12.7. The van der Waals surface area contributed by atoms with Gasteiger partial charge in [0, 0.05) is 25.5 Å². The fraction of sp³-hybridized carbons (Fsp3) is 0.545. The molecule has 0 amide bonds. The molecule has 0 fully saturated rings. The molecule has 1 aromatic heterocycles. The molecule has 0 bridgehead atoms. The summed E-state index contributed by atoms with van der Waals surface area (Å²) in [5.74, 6) is 0. The van der Waals surface area contributed by atoms with Crippen LogP contribution in [0, 0.1) is 0 Å². The van der Waals surface area contributed by atoms with Gasteiger partial charge in [0.1, 0.15) is 0 Å². The lowest BCUT2D eigenvalue weighted by Gasteiger charge is -2.09. The summed E-state index contributed by atoms with van der Waals surface area (Å²) >= 11 is 0. The van der Waals surface area contributed by atoms with E-state index in [1.807, 2.05) is 31.5 Å². The Labute approximate surface area is 85.3 Å². The number of rotatable bonds is 6. The van der Waals surface area contributed by atoms with Crippen molar-refractivity contribution in [3.05, 3.63) is 30.1 Å². The van der Waals surface area contributed by atoms with Gasteiger partial charge in [-0.2, -0.15) is 0 Å². The number of nitrogens with zero attached hydrogens (tertiary/aromatic N) is 1. The van der Waals surface area contributed by atoms with Crippen LogP contribution in [-0.2, 0) is 11.2 Å². The molecule has 0 spiro atoms.